The molecule has 0 fully saturated rings. The van der Waals surface area contributed by atoms with E-state index in [2.05, 4.69) is 125 Å². The number of aromatic nitrogens is 1. The Labute approximate surface area is 296 Å². The maximum atomic E-state index is 9.96. The van der Waals surface area contributed by atoms with Crippen LogP contribution in [0.1, 0.15) is 19.5 Å². The largest absolute Gasteiger partial charge is 1.00 e. The Morgan fingerprint density at radius 3 is 2.45 bits per heavy atom. The molecule has 0 atom stereocenters. The molecule has 0 bridgehead atoms. The van der Waals surface area contributed by atoms with E-state index in [1.807, 2.05) is 24.3 Å². The van der Waals surface area contributed by atoms with Gasteiger partial charge in [0, 0.05) is 36.3 Å². The molecule has 1 aromatic heterocycles. The molecular weight excluding hydrogens is 736 g/mol. The van der Waals surface area contributed by atoms with Crippen LogP contribution in [-0.2, 0) is 13.0 Å². The van der Waals surface area contributed by atoms with Gasteiger partial charge in [-0.05, 0) is 71.7 Å². The Morgan fingerprint density at radius 2 is 1.67 bits per heavy atom. The molecule has 0 amide bonds. The summed E-state index contributed by atoms with van der Waals surface area (Å²) < 4.78 is 31.7. The third-order valence-corrected chi connectivity index (χ3v) is 8.30. The number of allylic oxidation sites excluding steroid dienone is 1. The molecule has 8 heteroatoms. The van der Waals surface area contributed by atoms with Gasteiger partial charge in [-0.3, -0.25) is 4.39 Å². The molecule has 2 heterocycles. The van der Waals surface area contributed by atoms with E-state index in [4.69, 9.17) is 10.8 Å². The van der Waals surface area contributed by atoms with Crippen LogP contribution in [0.2, 0.25) is 0 Å². The van der Waals surface area contributed by atoms with Gasteiger partial charge in [0.1, 0.15) is 18.1 Å². The summed E-state index contributed by atoms with van der Waals surface area (Å²) in [4.78, 5) is 0. The second kappa shape index (κ2) is 15.7. The molecule has 5 aromatic rings. The molecule has 42 heavy (non-hydrogen) atoms. The number of hydrogen-bond donors (Lipinski definition) is 0. The topological polar surface area (TPSA) is 23.4 Å². The molecule has 4 aromatic carbocycles. The van der Waals surface area contributed by atoms with Gasteiger partial charge in [0.15, 0.2) is 0 Å². The number of nitrogens with zero attached hydrogens (tertiary/aromatic N) is 1. The van der Waals surface area contributed by atoms with Gasteiger partial charge >= 0.3 is 29.6 Å². The molecule has 0 saturated carbocycles. The number of fused-ring (bicyclic) bond motifs is 6. The predicted octanol–water partition coefficient (Wildman–Crippen LogP) is 7.48. The molecule has 212 valence electrons. The van der Waals surface area contributed by atoms with Crippen LogP contribution in [0.25, 0.3) is 33.8 Å². The molecule has 0 radical (unpaired) electrons. The average Bonchev–Trinajstić information content (AvgIpc) is 3.55. The first kappa shape index (κ1) is 31.6. The third-order valence-electron chi connectivity index (χ3n) is 6.99. The summed E-state index contributed by atoms with van der Waals surface area (Å²) in [7, 11) is -1.00. The number of rotatable bonds is 4. The van der Waals surface area contributed by atoms with Gasteiger partial charge in [0.05, 0.1) is 27.4 Å². The standard InChI is InChI=1S/C17H14Br2O.C16H12BrNO.CH3F.Na.H/c18-7-8-20-17-6-5-15(19)11-16(17)14-9-12-3-1-2-4-13(12)10-14;17-12-5-6-16-13(10-12)15-9-11-3-1-2-4-14(11)18(15)7-8-19-16;1-2;;/h1-6,9,11H,7-8,10H2;1-6,9-10H,7-8H2;1H3;;/q;;;+1;-1/i;;1D;;. The number of para-hydroxylation sites is 1. The Morgan fingerprint density at radius 1 is 0.952 bits per heavy atom. The number of ether oxygens (including phenoxy) is 2. The van der Waals surface area contributed by atoms with Crippen molar-refractivity contribution >= 4 is 70.3 Å². The summed E-state index contributed by atoms with van der Waals surface area (Å²) in [6.45, 7) is 2.27. The molecule has 7 rings (SSSR count). The first-order valence-electron chi connectivity index (χ1n) is 13.9. The fourth-order valence-corrected chi connectivity index (χ4v) is 6.11. The van der Waals surface area contributed by atoms with Crippen molar-refractivity contribution in [3.05, 3.63) is 117 Å². The van der Waals surface area contributed by atoms with Crippen molar-refractivity contribution in [3.63, 3.8) is 0 Å². The van der Waals surface area contributed by atoms with E-state index in [0.717, 1.165) is 44.3 Å². The zero-order valence-corrected chi connectivity index (χ0v) is 30.0. The van der Waals surface area contributed by atoms with Crippen molar-refractivity contribution < 1.29 is 46.2 Å². The second-order valence-corrected chi connectivity index (χ2v) is 12.1. The Bertz CT molecular complexity index is 1730. The van der Waals surface area contributed by atoms with Crippen LogP contribution in [0.5, 0.6) is 11.5 Å². The molecule has 3 nitrogen and oxygen atoms in total. The number of hydrogen-bond acceptors (Lipinski definition) is 2. The van der Waals surface area contributed by atoms with Crippen molar-refractivity contribution in [3.8, 4) is 22.8 Å². The van der Waals surface area contributed by atoms with E-state index in [9.17, 15) is 4.39 Å². The average molecular weight is 767 g/mol. The maximum absolute atomic E-state index is 9.96. The van der Waals surface area contributed by atoms with E-state index < -0.39 is 7.15 Å². The van der Waals surface area contributed by atoms with Gasteiger partial charge < -0.3 is 15.5 Å². The minimum Gasteiger partial charge on any atom is -1.00 e. The minimum absolute atomic E-state index is 0. The van der Waals surface area contributed by atoms with Gasteiger partial charge in [-0.2, -0.15) is 0 Å². The molecule has 1 aliphatic heterocycles. The fourth-order valence-electron chi connectivity index (χ4n) is 5.23. The van der Waals surface area contributed by atoms with Crippen LogP contribution in [0, 0.1) is 0 Å². The van der Waals surface area contributed by atoms with Crippen LogP contribution in [0.4, 0.5) is 4.39 Å². The van der Waals surface area contributed by atoms with Gasteiger partial charge in [-0.15, -0.1) is 0 Å². The van der Waals surface area contributed by atoms with Gasteiger partial charge in [0.2, 0.25) is 0 Å². The van der Waals surface area contributed by atoms with Crippen molar-refractivity contribution in [2.45, 2.75) is 13.0 Å². The zero-order valence-electron chi connectivity index (χ0n) is 25.3. The van der Waals surface area contributed by atoms with Crippen molar-refractivity contribution in [1.29, 1.82) is 0 Å². The summed E-state index contributed by atoms with van der Waals surface area (Å²) in [6, 6.07) is 31.7. The van der Waals surface area contributed by atoms with Gasteiger partial charge in [-0.1, -0.05) is 96.3 Å². The molecule has 0 saturated heterocycles. The van der Waals surface area contributed by atoms with Crippen LogP contribution >= 0.6 is 47.8 Å². The zero-order chi connectivity index (χ0) is 29.5. The first-order valence-corrected chi connectivity index (χ1v) is 15.9. The van der Waals surface area contributed by atoms with Crippen molar-refractivity contribution in [1.82, 2.24) is 4.57 Å². The number of halogens is 4. The molecule has 0 N–H and O–H groups in total. The molecule has 0 spiro atoms. The minimum atomic E-state index is -1.00. The summed E-state index contributed by atoms with van der Waals surface area (Å²) in [5.74, 6) is 1.91. The third kappa shape index (κ3) is 7.43. The van der Waals surface area contributed by atoms with Crippen LogP contribution in [0.3, 0.4) is 0 Å². The van der Waals surface area contributed by atoms with E-state index >= 15 is 0 Å². The predicted molar refractivity (Wildman–Crippen MR) is 180 cm³/mol. The fraction of sp³-hybridized carbons (Fsp3) is 0.176. The van der Waals surface area contributed by atoms with Crippen molar-refractivity contribution in [2.75, 3.05) is 25.7 Å². The molecular formula is C34H30Br3FNNaO2. The van der Waals surface area contributed by atoms with Crippen LogP contribution in [0.15, 0.2) is 99.9 Å². The van der Waals surface area contributed by atoms with Gasteiger partial charge in [-0.25, -0.2) is 0 Å². The summed E-state index contributed by atoms with van der Waals surface area (Å²) >= 11 is 10.5. The first-order chi connectivity index (χ1) is 20.5. The van der Waals surface area contributed by atoms with E-state index in [-0.39, 0.29) is 31.0 Å². The van der Waals surface area contributed by atoms with Crippen LogP contribution < -0.4 is 39.0 Å². The SMILES string of the molecule is BrCCOc1ccc(Br)cc1C1=Cc2ccccc2C1.Brc1ccc2c(c1)-c1cc3ccccc3n1CCO2.[2H]CF.[H-].[Na+]. The maximum Gasteiger partial charge on any atom is 1.00 e. The summed E-state index contributed by atoms with van der Waals surface area (Å²) in [6.07, 6.45) is 3.23. The Hall–Kier alpha value is -1.87. The van der Waals surface area contributed by atoms with Crippen LogP contribution in [-0.4, -0.2) is 30.3 Å². The molecule has 0 unspecified atom stereocenters. The van der Waals surface area contributed by atoms with E-state index in [0.29, 0.717) is 13.2 Å². The summed E-state index contributed by atoms with van der Waals surface area (Å²) in [5.41, 5.74) is 8.85. The van der Waals surface area contributed by atoms with E-state index in [1.54, 1.807) is 0 Å². The second-order valence-electron chi connectivity index (χ2n) is 9.45. The van der Waals surface area contributed by atoms with E-state index in [1.165, 1.54) is 38.9 Å². The number of alkyl halides is 2. The smallest absolute Gasteiger partial charge is 1.00 e. The van der Waals surface area contributed by atoms with Crippen molar-refractivity contribution in [2.24, 2.45) is 0 Å². The van der Waals surface area contributed by atoms with Gasteiger partial charge in [0.25, 0.3) is 0 Å². The normalized spacial score (nSPS) is 12.8. The Balaban J connectivity index is 0.000000212. The molecule has 1 aliphatic carbocycles. The Kier molecular flexibility index (Phi) is 11.8. The quantitative estimate of drug-likeness (QED) is 0.140. The summed E-state index contributed by atoms with van der Waals surface area (Å²) in [5, 5.41) is 2.12. The monoisotopic (exact) mass is 764 g/mol. The number of benzene rings is 4. The molecule has 2 aliphatic rings.